The number of hydrogen-bond donors (Lipinski definition) is 0. The van der Waals surface area contributed by atoms with Crippen LogP contribution in [-0.4, -0.2) is 30.9 Å². The zero-order valence-corrected chi connectivity index (χ0v) is 11.4. The fraction of sp³-hybridized carbons (Fsp3) is 0.500. The number of hydrogen-bond acceptors (Lipinski definition) is 5. The van der Waals surface area contributed by atoms with Crippen LogP contribution in [0.1, 0.15) is 20.8 Å². The highest BCUT2D eigenvalue weighted by Gasteiger charge is 2.44. The topological polar surface area (TPSA) is 70.8 Å². The van der Waals surface area contributed by atoms with Gasteiger partial charge in [0.05, 0.1) is 29.8 Å². The minimum atomic E-state index is -0.612. The van der Waals surface area contributed by atoms with Crippen LogP contribution in [0.3, 0.4) is 0 Å². The Kier molecular flexibility index (Phi) is 3.51. The van der Waals surface area contributed by atoms with Crippen LogP contribution < -0.4 is 10.2 Å². The average molecular weight is 265 g/mol. The van der Waals surface area contributed by atoms with Crippen LogP contribution >= 0.6 is 0 Å². The van der Waals surface area contributed by atoms with Gasteiger partial charge in [-0.15, -0.1) is 0 Å². The number of nitro groups is 1. The Morgan fingerprint density at radius 3 is 2.58 bits per heavy atom. The van der Waals surface area contributed by atoms with Crippen molar-refractivity contribution in [3.05, 3.63) is 28.3 Å². The third-order valence-electron chi connectivity index (χ3n) is 3.35. The van der Waals surface area contributed by atoms with Crippen LogP contribution in [0, 0.1) is 10.1 Å². The smallest absolute Gasteiger partial charge is 0.495 e. The normalized spacial score (nSPS) is 21.5. The summed E-state index contributed by atoms with van der Waals surface area (Å²) in [6.45, 7) is 5.76. The Hall–Kier alpha value is -1.60. The fourth-order valence-corrected chi connectivity index (χ4v) is 1.86. The molecule has 0 unspecified atom stereocenters. The fourth-order valence-electron chi connectivity index (χ4n) is 1.86. The van der Waals surface area contributed by atoms with Gasteiger partial charge in [0.15, 0.2) is 0 Å². The number of methoxy groups -OCH3 is 1. The van der Waals surface area contributed by atoms with Crippen LogP contribution in [-0.2, 0) is 9.31 Å². The summed E-state index contributed by atoms with van der Waals surface area (Å²) < 4.78 is 16.5. The molecule has 0 radical (unpaired) electrons. The van der Waals surface area contributed by atoms with E-state index in [-0.39, 0.29) is 11.8 Å². The van der Waals surface area contributed by atoms with E-state index < -0.39 is 17.6 Å². The molecule has 0 bridgehead atoms. The number of non-ortho nitro benzene ring substituents is 1. The monoisotopic (exact) mass is 265 g/mol. The molecule has 1 heterocycles. The lowest BCUT2D eigenvalue weighted by Crippen LogP contribution is -2.34. The van der Waals surface area contributed by atoms with Crippen LogP contribution in [0.5, 0.6) is 5.75 Å². The molecule has 0 N–H and O–H groups in total. The highest BCUT2D eigenvalue weighted by molar-refractivity contribution is 6.62. The summed E-state index contributed by atoms with van der Waals surface area (Å²) in [7, 11) is 0.852. The average Bonchev–Trinajstić information content (AvgIpc) is 2.63. The maximum Gasteiger partial charge on any atom is 0.495 e. The minimum absolute atomic E-state index is 0.0427. The second-order valence-corrected chi connectivity index (χ2v) is 5.05. The van der Waals surface area contributed by atoms with Gasteiger partial charge < -0.3 is 14.0 Å². The van der Waals surface area contributed by atoms with E-state index in [9.17, 15) is 10.1 Å². The number of nitrogens with zero attached hydrogens (tertiary/aromatic N) is 1. The van der Waals surface area contributed by atoms with E-state index in [1.54, 1.807) is 6.07 Å². The molecular formula is C12H16BNO5. The molecule has 0 spiro atoms. The summed E-state index contributed by atoms with van der Waals surface area (Å²) in [5, 5.41) is 10.9. The molecule has 1 saturated heterocycles. The minimum Gasteiger partial charge on any atom is -0.497 e. The molecule has 6 nitrogen and oxygen atoms in total. The lowest BCUT2D eigenvalue weighted by atomic mass is 9.79. The maximum atomic E-state index is 10.9. The van der Waals surface area contributed by atoms with Crippen molar-refractivity contribution in [1.82, 2.24) is 0 Å². The Morgan fingerprint density at radius 1 is 1.42 bits per heavy atom. The first-order valence-corrected chi connectivity index (χ1v) is 6.00. The molecule has 1 fully saturated rings. The second kappa shape index (κ2) is 4.83. The number of benzene rings is 1. The lowest BCUT2D eigenvalue weighted by Gasteiger charge is -2.21. The summed E-state index contributed by atoms with van der Waals surface area (Å²) in [5.74, 6) is 0.411. The van der Waals surface area contributed by atoms with Crippen molar-refractivity contribution in [3.8, 4) is 5.75 Å². The number of ether oxygens (including phenoxy) is 1. The van der Waals surface area contributed by atoms with E-state index in [0.717, 1.165) is 0 Å². The van der Waals surface area contributed by atoms with Gasteiger partial charge in [-0.1, -0.05) is 0 Å². The van der Waals surface area contributed by atoms with Crippen molar-refractivity contribution in [2.45, 2.75) is 32.5 Å². The molecule has 1 aromatic rings. The van der Waals surface area contributed by atoms with Crippen LogP contribution in [0.25, 0.3) is 0 Å². The highest BCUT2D eigenvalue weighted by Crippen LogP contribution is 2.28. The number of rotatable bonds is 3. The summed E-state index contributed by atoms with van der Waals surface area (Å²) >= 11 is 0. The predicted octanol–water partition coefficient (Wildman–Crippen LogP) is 1.51. The third-order valence-corrected chi connectivity index (χ3v) is 3.35. The molecule has 1 aliphatic heterocycles. The summed E-state index contributed by atoms with van der Waals surface area (Å²) in [4.78, 5) is 10.4. The Bertz CT molecular complexity index is 505. The molecule has 0 saturated carbocycles. The SMILES string of the molecule is COc1cc(B2O[C@@H](C)C(C)(C)O2)cc([N+](=O)[O-])c1. The maximum absolute atomic E-state index is 10.9. The predicted molar refractivity (Wildman–Crippen MR) is 70.7 cm³/mol. The van der Waals surface area contributed by atoms with Crippen molar-refractivity contribution < 1.29 is 19.0 Å². The molecule has 102 valence electrons. The van der Waals surface area contributed by atoms with Crippen LogP contribution in [0.15, 0.2) is 18.2 Å². The van der Waals surface area contributed by atoms with E-state index in [0.29, 0.717) is 11.2 Å². The first kappa shape index (κ1) is 13.8. The van der Waals surface area contributed by atoms with Gasteiger partial charge in [-0.25, -0.2) is 0 Å². The van der Waals surface area contributed by atoms with Crippen molar-refractivity contribution in [2.24, 2.45) is 0 Å². The second-order valence-electron chi connectivity index (χ2n) is 5.05. The highest BCUT2D eigenvalue weighted by atomic mass is 16.7. The molecule has 0 amide bonds. The first-order chi connectivity index (χ1) is 8.83. The quantitative estimate of drug-likeness (QED) is 0.470. The molecule has 1 atom stereocenters. The van der Waals surface area contributed by atoms with Crippen LogP contribution in [0.4, 0.5) is 5.69 Å². The number of nitro benzene ring substituents is 1. The molecule has 7 heteroatoms. The van der Waals surface area contributed by atoms with Gasteiger partial charge >= 0.3 is 7.12 Å². The van der Waals surface area contributed by atoms with Crippen molar-refractivity contribution in [2.75, 3.05) is 7.11 Å². The Labute approximate surface area is 112 Å². The van der Waals surface area contributed by atoms with Gasteiger partial charge in [0.25, 0.3) is 5.69 Å². The van der Waals surface area contributed by atoms with E-state index in [4.69, 9.17) is 14.0 Å². The van der Waals surface area contributed by atoms with Gasteiger partial charge in [0.2, 0.25) is 0 Å². The largest absolute Gasteiger partial charge is 0.497 e. The van der Waals surface area contributed by atoms with E-state index in [2.05, 4.69) is 0 Å². The molecule has 1 aliphatic rings. The van der Waals surface area contributed by atoms with Crippen molar-refractivity contribution >= 4 is 18.3 Å². The van der Waals surface area contributed by atoms with Gasteiger partial charge in [-0.2, -0.15) is 0 Å². The van der Waals surface area contributed by atoms with Gasteiger partial charge in [0.1, 0.15) is 5.75 Å². The molecular weight excluding hydrogens is 249 g/mol. The Morgan fingerprint density at radius 2 is 2.11 bits per heavy atom. The zero-order chi connectivity index (χ0) is 14.2. The van der Waals surface area contributed by atoms with E-state index in [1.807, 2.05) is 20.8 Å². The molecule has 0 aliphatic carbocycles. The van der Waals surface area contributed by atoms with Gasteiger partial charge in [-0.05, 0) is 32.3 Å². The van der Waals surface area contributed by atoms with E-state index >= 15 is 0 Å². The molecule has 2 rings (SSSR count). The summed E-state index contributed by atoms with van der Waals surface area (Å²) in [5.41, 5.74) is 0.116. The summed E-state index contributed by atoms with van der Waals surface area (Å²) in [6.07, 6.45) is -0.0947. The third kappa shape index (κ3) is 2.72. The van der Waals surface area contributed by atoms with Crippen LogP contribution in [0.2, 0.25) is 0 Å². The summed E-state index contributed by atoms with van der Waals surface area (Å²) in [6, 6.07) is 4.50. The molecule has 1 aromatic carbocycles. The van der Waals surface area contributed by atoms with Gasteiger partial charge in [0, 0.05) is 6.07 Å². The molecule has 19 heavy (non-hydrogen) atoms. The molecule has 0 aromatic heterocycles. The van der Waals surface area contributed by atoms with Crippen molar-refractivity contribution in [3.63, 3.8) is 0 Å². The first-order valence-electron chi connectivity index (χ1n) is 6.00. The van der Waals surface area contributed by atoms with Crippen molar-refractivity contribution in [1.29, 1.82) is 0 Å². The Balaban J connectivity index is 2.35. The zero-order valence-electron chi connectivity index (χ0n) is 11.4. The van der Waals surface area contributed by atoms with E-state index in [1.165, 1.54) is 19.2 Å². The standard InChI is InChI=1S/C12H16BNO5/c1-8-12(2,3)19-13(18-8)9-5-10(14(15)16)7-11(6-9)17-4/h5-8H,1-4H3/t8-/m0/s1. The lowest BCUT2D eigenvalue weighted by molar-refractivity contribution is -0.384. The van der Waals surface area contributed by atoms with Gasteiger partial charge in [-0.3, -0.25) is 10.1 Å².